The number of likely N-dealkylation sites (N-methyl/N-ethyl adjacent to an activating group) is 1. The molecule has 0 aliphatic rings. The molecule has 0 radical (unpaired) electrons. The van der Waals surface area contributed by atoms with Gasteiger partial charge in [0.1, 0.15) is 5.76 Å². The van der Waals surface area contributed by atoms with Gasteiger partial charge in [0.05, 0.1) is 23.0 Å². The summed E-state index contributed by atoms with van der Waals surface area (Å²) in [6.07, 6.45) is 0.218. The number of oxazole rings is 1. The van der Waals surface area contributed by atoms with Gasteiger partial charge in [0.2, 0.25) is 11.8 Å². The van der Waals surface area contributed by atoms with Gasteiger partial charge in [-0.2, -0.15) is 0 Å². The molecule has 2 aromatic heterocycles. The van der Waals surface area contributed by atoms with Crippen LogP contribution in [0, 0.1) is 6.92 Å². The molecule has 0 saturated heterocycles. The lowest BCUT2D eigenvalue weighted by molar-refractivity contribution is -0.120. The van der Waals surface area contributed by atoms with Gasteiger partial charge in [-0.1, -0.05) is 36.4 Å². The first-order chi connectivity index (χ1) is 12.5. The van der Waals surface area contributed by atoms with E-state index in [2.05, 4.69) is 27.3 Å². The minimum absolute atomic E-state index is 0.0538. The Labute approximate surface area is 157 Å². The summed E-state index contributed by atoms with van der Waals surface area (Å²) in [6.45, 7) is 2.39. The van der Waals surface area contributed by atoms with Crippen molar-refractivity contribution in [3.63, 3.8) is 0 Å². The number of aromatic nitrogens is 1. The van der Waals surface area contributed by atoms with Crippen LogP contribution in [0.2, 0.25) is 0 Å². The van der Waals surface area contributed by atoms with Gasteiger partial charge in [-0.25, -0.2) is 4.98 Å². The summed E-state index contributed by atoms with van der Waals surface area (Å²) in [6, 6.07) is 14.2. The highest BCUT2D eigenvalue weighted by Gasteiger charge is 2.18. The van der Waals surface area contributed by atoms with Gasteiger partial charge in [-0.3, -0.25) is 4.79 Å². The number of hydrogen-bond acceptors (Lipinski definition) is 5. The maximum absolute atomic E-state index is 12.4. The Kier molecular flexibility index (Phi) is 5.85. The van der Waals surface area contributed by atoms with Crippen LogP contribution >= 0.6 is 11.3 Å². The molecule has 3 rings (SSSR count). The van der Waals surface area contributed by atoms with Crippen LogP contribution < -0.4 is 5.32 Å². The number of nitrogens with zero attached hydrogens (tertiary/aromatic N) is 2. The normalized spacial score (nSPS) is 12.3. The van der Waals surface area contributed by atoms with Crippen molar-refractivity contribution in [3.05, 3.63) is 64.9 Å². The van der Waals surface area contributed by atoms with E-state index < -0.39 is 0 Å². The predicted molar refractivity (Wildman–Crippen MR) is 104 cm³/mol. The molecular weight excluding hydrogens is 346 g/mol. The number of hydrogen-bond donors (Lipinski definition) is 1. The van der Waals surface area contributed by atoms with Crippen LogP contribution in [0.5, 0.6) is 0 Å². The van der Waals surface area contributed by atoms with Crippen LogP contribution in [-0.4, -0.2) is 36.4 Å². The third kappa shape index (κ3) is 4.39. The molecule has 1 N–H and O–H groups in total. The number of rotatable bonds is 7. The van der Waals surface area contributed by atoms with Crippen molar-refractivity contribution in [3.8, 4) is 10.8 Å². The van der Waals surface area contributed by atoms with Gasteiger partial charge in [0.15, 0.2) is 0 Å². The summed E-state index contributed by atoms with van der Waals surface area (Å²) in [4.78, 5) is 20.0. The first kappa shape index (κ1) is 18.4. The number of amides is 1. The summed E-state index contributed by atoms with van der Waals surface area (Å²) < 4.78 is 5.70. The highest BCUT2D eigenvalue weighted by Crippen LogP contribution is 2.26. The smallest absolute Gasteiger partial charge is 0.236 e. The minimum atomic E-state index is -0.0538. The Hall–Kier alpha value is -2.44. The van der Waals surface area contributed by atoms with E-state index in [0.29, 0.717) is 23.9 Å². The molecule has 1 atom stereocenters. The molecule has 2 heterocycles. The molecule has 0 saturated carbocycles. The van der Waals surface area contributed by atoms with Gasteiger partial charge >= 0.3 is 0 Å². The van der Waals surface area contributed by atoms with Gasteiger partial charge in [0.25, 0.3) is 0 Å². The number of nitrogens with one attached hydrogen (secondary N) is 1. The summed E-state index contributed by atoms with van der Waals surface area (Å²) in [5.41, 5.74) is 1.86. The zero-order chi connectivity index (χ0) is 18.5. The third-order valence-electron chi connectivity index (χ3n) is 4.25. The van der Waals surface area contributed by atoms with Crippen LogP contribution in [0.4, 0.5) is 0 Å². The lowest BCUT2D eigenvalue weighted by Gasteiger charge is -2.25. The van der Waals surface area contributed by atoms with Crippen molar-refractivity contribution in [2.24, 2.45) is 0 Å². The molecule has 0 aliphatic carbocycles. The average molecular weight is 369 g/mol. The molecule has 1 amide bonds. The SMILES string of the molecule is Cc1oc(-c2cccs2)nc1CC(=O)NCC(c1ccccc1)N(C)C. The molecule has 3 aromatic rings. The summed E-state index contributed by atoms with van der Waals surface area (Å²) in [7, 11) is 4.03. The van der Waals surface area contributed by atoms with Gasteiger partial charge in [0, 0.05) is 6.54 Å². The molecule has 1 unspecified atom stereocenters. The summed E-state index contributed by atoms with van der Waals surface area (Å²) in [5, 5.41) is 5.00. The molecular formula is C20H23N3O2S. The third-order valence-corrected chi connectivity index (χ3v) is 5.11. The standard InChI is InChI=1S/C20H23N3O2S/c1-14-16(22-20(25-14)18-10-7-11-26-18)12-19(24)21-13-17(23(2)3)15-8-5-4-6-9-15/h4-11,17H,12-13H2,1-3H3,(H,21,24). The second-order valence-corrected chi connectivity index (χ2v) is 7.32. The lowest BCUT2D eigenvalue weighted by Crippen LogP contribution is -2.35. The second-order valence-electron chi connectivity index (χ2n) is 6.37. The molecule has 6 heteroatoms. The van der Waals surface area contributed by atoms with Crippen LogP contribution in [-0.2, 0) is 11.2 Å². The quantitative estimate of drug-likeness (QED) is 0.690. The number of carbonyl (C=O) groups is 1. The van der Waals surface area contributed by atoms with E-state index in [9.17, 15) is 4.79 Å². The molecule has 0 spiro atoms. The first-order valence-electron chi connectivity index (χ1n) is 8.53. The Morgan fingerprint density at radius 3 is 2.65 bits per heavy atom. The highest BCUT2D eigenvalue weighted by atomic mass is 32.1. The Morgan fingerprint density at radius 2 is 2.00 bits per heavy atom. The van der Waals surface area contributed by atoms with Crippen molar-refractivity contribution >= 4 is 17.2 Å². The van der Waals surface area contributed by atoms with Crippen molar-refractivity contribution < 1.29 is 9.21 Å². The first-order valence-corrected chi connectivity index (χ1v) is 9.41. The molecule has 136 valence electrons. The largest absolute Gasteiger partial charge is 0.440 e. The van der Waals surface area contributed by atoms with Crippen molar-refractivity contribution in [1.29, 1.82) is 0 Å². The fourth-order valence-corrected chi connectivity index (χ4v) is 3.45. The number of benzene rings is 1. The zero-order valence-electron chi connectivity index (χ0n) is 15.2. The Morgan fingerprint density at radius 1 is 1.23 bits per heavy atom. The fraction of sp³-hybridized carbons (Fsp3) is 0.300. The number of aryl methyl sites for hydroxylation is 1. The van der Waals surface area contributed by atoms with E-state index >= 15 is 0 Å². The Bertz CT molecular complexity index is 841. The molecule has 0 bridgehead atoms. The topological polar surface area (TPSA) is 58.4 Å². The number of thiophene rings is 1. The van der Waals surface area contributed by atoms with E-state index in [1.165, 1.54) is 5.56 Å². The van der Waals surface area contributed by atoms with Gasteiger partial charge in [-0.15, -0.1) is 11.3 Å². The number of carbonyl (C=O) groups excluding carboxylic acids is 1. The molecule has 5 nitrogen and oxygen atoms in total. The molecule has 0 aliphatic heterocycles. The van der Waals surface area contributed by atoms with E-state index in [0.717, 1.165) is 4.88 Å². The summed E-state index contributed by atoms with van der Waals surface area (Å²) in [5.74, 6) is 1.22. The van der Waals surface area contributed by atoms with Crippen molar-refractivity contribution in [2.45, 2.75) is 19.4 Å². The summed E-state index contributed by atoms with van der Waals surface area (Å²) >= 11 is 1.57. The van der Waals surface area contributed by atoms with Crippen molar-refractivity contribution in [2.75, 3.05) is 20.6 Å². The van der Waals surface area contributed by atoms with Crippen LogP contribution in [0.15, 0.2) is 52.3 Å². The van der Waals surface area contributed by atoms with E-state index in [1.807, 2.05) is 56.7 Å². The van der Waals surface area contributed by atoms with Gasteiger partial charge < -0.3 is 14.6 Å². The lowest BCUT2D eigenvalue weighted by atomic mass is 10.1. The second kappa shape index (κ2) is 8.29. The molecule has 0 fully saturated rings. The van der Waals surface area contributed by atoms with E-state index in [4.69, 9.17) is 4.42 Å². The molecule has 26 heavy (non-hydrogen) atoms. The van der Waals surface area contributed by atoms with E-state index in [-0.39, 0.29) is 18.4 Å². The van der Waals surface area contributed by atoms with E-state index in [1.54, 1.807) is 11.3 Å². The molecule has 1 aromatic carbocycles. The maximum Gasteiger partial charge on any atom is 0.236 e. The van der Waals surface area contributed by atoms with Crippen LogP contribution in [0.25, 0.3) is 10.8 Å². The maximum atomic E-state index is 12.4. The van der Waals surface area contributed by atoms with Crippen LogP contribution in [0.1, 0.15) is 23.1 Å². The monoisotopic (exact) mass is 369 g/mol. The predicted octanol–water partition coefficient (Wildman–Crippen LogP) is 3.67. The Balaban J connectivity index is 1.62. The van der Waals surface area contributed by atoms with Crippen molar-refractivity contribution in [1.82, 2.24) is 15.2 Å². The fourth-order valence-electron chi connectivity index (χ4n) is 2.80. The zero-order valence-corrected chi connectivity index (χ0v) is 16.0. The van der Waals surface area contributed by atoms with Gasteiger partial charge in [-0.05, 0) is 38.0 Å². The average Bonchev–Trinajstić information content (AvgIpc) is 3.26. The highest BCUT2D eigenvalue weighted by molar-refractivity contribution is 7.13. The minimum Gasteiger partial charge on any atom is -0.440 e. The van der Waals surface area contributed by atoms with Crippen LogP contribution in [0.3, 0.4) is 0 Å².